The van der Waals surface area contributed by atoms with E-state index in [-0.39, 0.29) is 11.7 Å². The molecule has 0 aliphatic carbocycles. The van der Waals surface area contributed by atoms with Gasteiger partial charge in [0.15, 0.2) is 0 Å². The Hall–Kier alpha value is -2.07. The van der Waals surface area contributed by atoms with Crippen molar-refractivity contribution < 1.29 is 9.18 Å². The topological polar surface area (TPSA) is 29.1 Å². The molecule has 0 heterocycles. The molecule has 2 rings (SSSR count). The van der Waals surface area contributed by atoms with Gasteiger partial charge in [0, 0.05) is 17.5 Å². The van der Waals surface area contributed by atoms with Crippen LogP contribution in [0.25, 0.3) is 0 Å². The number of benzene rings is 2. The number of anilines is 1. The van der Waals surface area contributed by atoms with Gasteiger partial charge in [-0.1, -0.05) is 18.2 Å². The summed E-state index contributed by atoms with van der Waals surface area (Å²) in [5.41, 5.74) is 4.16. The number of amides is 1. The molecule has 2 aromatic carbocycles. The molecule has 1 N–H and O–H groups in total. The van der Waals surface area contributed by atoms with E-state index >= 15 is 0 Å². The Balaban J connectivity index is 1.81. The SMILES string of the molecule is Cc1ccc(NC(=O)C=CSCc2ccc(F)cc2)cc1C. The predicted octanol–water partition coefficient (Wildman–Crippen LogP) is 4.83. The molecule has 0 atom stereocenters. The maximum absolute atomic E-state index is 12.8. The lowest BCUT2D eigenvalue weighted by atomic mass is 10.1. The number of hydrogen-bond acceptors (Lipinski definition) is 2. The fourth-order valence-corrected chi connectivity index (χ4v) is 2.54. The average Bonchev–Trinajstić information content (AvgIpc) is 2.49. The Kier molecular flexibility index (Phi) is 5.78. The second-order valence-electron chi connectivity index (χ2n) is 5.03. The molecular weight excluding hydrogens is 297 g/mol. The maximum Gasteiger partial charge on any atom is 0.248 e. The van der Waals surface area contributed by atoms with E-state index in [1.54, 1.807) is 17.5 Å². The second-order valence-corrected chi connectivity index (χ2v) is 5.92. The minimum absolute atomic E-state index is 0.158. The molecule has 0 unspecified atom stereocenters. The molecule has 0 saturated carbocycles. The van der Waals surface area contributed by atoms with Crippen molar-refractivity contribution in [3.63, 3.8) is 0 Å². The summed E-state index contributed by atoms with van der Waals surface area (Å²) in [5, 5.41) is 4.58. The Bertz CT molecular complexity index is 680. The third-order valence-corrected chi connectivity index (χ3v) is 4.08. The summed E-state index contributed by atoms with van der Waals surface area (Å²) in [6.07, 6.45) is 1.50. The zero-order chi connectivity index (χ0) is 15.9. The van der Waals surface area contributed by atoms with Crippen molar-refractivity contribution in [3.8, 4) is 0 Å². The maximum atomic E-state index is 12.8. The zero-order valence-corrected chi connectivity index (χ0v) is 13.4. The van der Waals surface area contributed by atoms with Crippen LogP contribution in [0.1, 0.15) is 16.7 Å². The van der Waals surface area contributed by atoms with Gasteiger partial charge in [-0.15, -0.1) is 11.8 Å². The van der Waals surface area contributed by atoms with Gasteiger partial charge in [-0.2, -0.15) is 0 Å². The third kappa shape index (κ3) is 5.04. The van der Waals surface area contributed by atoms with Gasteiger partial charge >= 0.3 is 0 Å². The summed E-state index contributed by atoms with van der Waals surface area (Å²) in [4.78, 5) is 11.8. The molecule has 0 aliphatic heterocycles. The molecular formula is C18H18FNOS. The first kappa shape index (κ1) is 16.3. The van der Waals surface area contributed by atoms with E-state index in [0.29, 0.717) is 5.75 Å². The van der Waals surface area contributed by atoms with Crippen LogP contribution >= 0.6 is 11.8 Å². The first-order valence-corrected chi connectivity index (χ1v) is 8.00. The Labute approximate surface area is 134 Å². The molecule has 0 aliphatic rings. The molecule has 0 radical (unpaired) electrons. The number of halogens is 1. The summed E-state index contributed by atoms with van der Waals surface area (Å²) in [5.74, 6) is 0.306. The van der Waals surface area contributed by atoms with Gasteiger partial charge in [0.2, 0.25) is 5.91 Å². The lowest BCUT2D eigenvalue weighted by Crippen LogP contribution is -2.07. The van der Waals surface area contributed by atoms with E-state index in [1.807, 2.05) is 32.0 Å². The monoisotopic (exact) mass is 315 g/mol. The number of nitrogens with one attached hydrogen (secondary N) is 1. The van der Waals surface area contributed by atoms with Crippen molar-refractivity contribution in [1.29, 1.82) is 0 Å². The Morgan fingerprint density at radius 3 is 2.55 bits per heavy atom. The van der Waals surface area contributed by atoms with Gasteiger partial charge in [0.1, 0.15) is 5.82 Å². The van der Waals surface area contributed by atoms with Gasteiger partial charge < -0.3 is 5.32 Å². The molecule has 2 aromatic rings. The molecule has 114 valence electrons. The van der Waals surface area contributed by atoms with E-state index in [4.69, 9.17) is 0 Å². The van der Waals surface area contributed by atoms with Crippen LogP contribution in [0.2, 0.25) is 0 Å². The van der Waals surface area contributed by atoms with Gasteiger partial charge in [0.25, 0.3) is 0 Å². The fourth-order valence-electron chi connectivity index (χ4n) is 1.84. The zero-order valence-electron chi connectivity index (χ0n) is 12.6. The highest BCUT2D eigenvalue weighted by molar-refractivity contribution is 8.01. The molecule has 22 heavy (non-hydrogen) atoms. The Morgan fingerprint density at radius 2 is 1.86 bits per heavy atom. The quantitative estimate of drug-likeness (QED) is 0.801. The van der Waals surface area contributed by atoms with Crippen molar-refractivity contribution in [1.82, 2.24) is 0 Å². The molecule has 0 fully saturated rings. The third-order valence-electron chi connectivity index (χ3n) is 3.25. The number of aryl methyl sites for hydroxylation is 2. The van der Waals surface area contributed by atoms with Crippen LogP contribution in [0.5, 0.6) is 0 Å². The van der Waals surface area contributed by atoms with Crippen LogP contribution in [-0.2, 0) is 10.5 Å². The normalized spacial score (nSPS) is 10.9. The minimum Gasteiger partial charge on any atom is -0.322 e. The van der Waals surface area contributed by atoms with E-state index in [1.165, 1.54) is 35.5 Å². The van der Waals surface area contributed by atoms with E-state index in [9.17, 15) is 9.18 Å². The van der Waals surface area contributed by atoms with Crippen LogP contribution in [0.15, 0.2) is 53.9 Å². The van der Waals surface area contributed by atoms with E-state index in [0.717, 1.165) is 16.8 Å². The Morgan fingerprint density at radius 1 is 1.14 bits per heavy atom. The van der Waals surface area contributed by atoms with Crippen LogP contribution in [0, 0.1) is 19.7 Å². The molecule has 2 nitrogen and oxygen atoms in total. The smallest absolute Gasteiger partial charge is 0.248 e. The van der Waals surface area contributed by atoms with Crippen LogP contribution in [0.4, 0.5) is 10.1 Å². The van der Waals surface area contributed by atoms with Gasteiger partial charge in [0.05, 0.1) is 0 Å². The summed E-state index contributed by atoms with van der Waals surface area (Å²) in [6.45, 7) is 4.05. The number of hydrogen-bond donors (Lipinski definition) is 1. The highest BCUT2D eigenvalue weighted by Crippen LogP contribution is 2.15. The number of carbonyl (C=O) groups is 1. The average molecular weight is 315 g/mol. The molecule has 0 saturated heterocycles. The molecule has 0 spiro atoms. The number of carbonyl (C=O) groups excluding carboxylic acids is 1. The van der Waals surface area contributed by atoms with Crippen molar-refractivity contribution in [2.45, 2.75) is 19.6 Å². The predicted molar refractivity (Wildman–Crippen MR) is 91.4 cm³/mol. The molecule has 1 amide bonds. The van der Waals surface area contributed by atoms with E-state index in [2.05, 4.69) is 5.32 Å². The summed E-state index contributed by atoms with van der Waals surface area (Å²) < 4.78 is 12.8. The van der Waals surface area contributed by atoms with Gasteiger partial charge in [-0.25, -0.2) is 4.39 Å². The lowest BCUT2D eigenvalue weighted by Gasteiger charge is -2.05. The van der Waals surface area contributed by atoms with Crippen molar-refractivity contribution >= 4 is 23.4 Å². The van der Waals surface area contributed by atoms with Gasteiger partial charge in [-0.3, -0.25) is 4.79 Å². The first-order valence-electron chi connectivity index (χ1n) is 6.95. The fraction of sp³-hybridized carbons (Fsp3) is 0.167. The standard InChI is InChI=1S/C18H18FNOS/c1-13-3-8-17(11-14(13)2)20-18(21)9-10-22-12-15-4-6-16(19)7-5-15/h3-11H,12H2,1-2H3,(H,20,21). The largest absolute Gasteiger partial charge is 0.322 e. The highest BCUT2D eigenvalue weighted by atomic mass is 32.2. The number of rotatable bonds is 5. The second kappa shape index (κ2) is 7.80. The minimum atomic E-state index is -0.239. The summed E-state index contributed by atoms with van der Waals surface area (Å²) in [7, 11) is 0. The van der Waals surface area contributed by atoms with Crippen molar-refractivity contribution in [2.75, 3.05) is 5.32 Å². The van der Waals surface area contributed by atoms with Crippen LogP contribution in [-0.4, -0.2) is 5.91 Å². The molecule has 0 bridgehead atoms. The first-order chi connectivity index (χ1) is 10.5. The van der Waals surface area contributed by atoms with Crippen molar-refractivity contribution in [3.05, 3.63) is 76.5 Å². The highest BCUT2D eigenvalue weighted by Gasteiger charge is 2.00. The molecule has 0 aromatic heterocycles. The number of thioether (sulfide) groups is 1. The lowest BCUT2D eigenvalue weighted by molar-refractivity contribution is -0.111. The summed E-state index contributed by atoms with van der Waals surface area (Å²) >= 11 is 1.49. The van der Waals surface area contributed by atoms with Gasteiger partial charge in [-0.05, 0) is 60.2 Å². The summed E-state index contributed by atoms with van der Waals surface area (Å²) in [6, 6.07) is 12.2. The molecule has 4 heteroatoms. The van der Waals surface area contributed by atoms with Crippen molar-refractivity contribution in [2.24, 2.45) is 0 Å². The van der Waals surface area contributed by atoms with Crippen LogP contribution in [0.3, 0.4) is 0 Å². The van der Waals surface area contributed by atoms with Crippen LogP contribution < -0.4 is 5.32 Å². The van der Waals surface area contributed by atoms with E-state index < -0.39 is 0 Å².